The molecular weight excluding hydrogens is 236 g/mol. The van der Waals surface area contributed by atoms with Crippen LogP contribution in [0.1, 0.15) is 40.0 Å². The molecule has 0 fully saturated rings. The molecule has 1 atom stereocenters. The Morgan fingerprint density at radius 2 is 1.67 bits per heavy atom. The molecule has 3 N–H and O–H groups in total. The third-order valence-electron chi connectivity index (χ3n) is 2.40. The second kappa shape index (κ2) is 8.49. The summed E-state index contributed by atoms with van der Waals surface area (Å²) < 4.78 is 0. The lowest BCUT2D eigenvalue weighted by Crippen LogP contribution is -2.44. The summed E-state index contributed by atoms with van der Waals surface area (Å²) >= 11 is 0. The number of aliphatic carboxylic acids is 1. The summed E-state index contributed by atoms with van der Waals surface area (Å²) in [7, 11) is 0. The Labute approximate surface area is 107 Å². The lowest BCUT2D eigenvalue weighted by Gasteiger charge is -2.17. The average Bonchev–Trinajstić information content (AvgIpc) is 2.29. The van der Waals surface area contributed by atoms with E-state index in [4.69, 9.17) is 5.11 Å². The van der Waals surface area contributed by atoms with Gasteiger partial charge in [-0.05, 0) is 12.3 Å². The van der Waals surface area contributed by atoms with Crippen LogP contribution < -0.4 is 10.6 Å². The fourth-order valence-electron chi connectivity index (χ4n) is 1.34. The van der Waals surface area contributed by atoms with E-state index in [0.29, 0.717) is 6.54 Å². The third kappa shape index (κ3) is 6.88. The van der Waals surface area contributed by atoms with Crippen LogP contribution in [-0.4, -0.2) is 35.5 Å². The van der Waals surface area contributed by atoms with Crippen LogP contribution in [0.5, 0.6) is 0 Å². The molecule has 0 radical (unpaired) electrons. The fourth-order valence-corrected chi connectivity index (χ4v) is 1.34. The summed E-state index contributed by atoms with van der Waals surface area (Å²) in [6, 6.07) is -0.906. The van der Waals surface area contributed by atoms with Gasteiger partial charge < -0.3 is 15.7 Å². The first kappa shape index (κ1) is 16.4. The fraction of sp³-hybridized carbons (Fsp3) is 0.750. The van der Waals surface area contributed by atoms with Crippen molar-refractivity contribution in [2.45, 2.75) is 46.1 Å². The van der Waals surface area contributed by atoms with E-state index in [0.717, 1.165) is 6.42 Å². The molecule has 0 aliphatic carbocycles. The van der Waals surface area contributed by atoms with Crippen molar-refractivity contribution in [3.8, 4) is 0 Å². The number of carbonyl (C=O) groups is 3. The zero-order chi connectivity index (χ0) is 14.1. The van der Waals surface area contributed by atoms with Crippen LogP contribution in [0.3, 0.4) is 0 Å². The number of hydrogen-bond donors (Lipinski definition) is 3. The Morgan fingerprint density at radius 3 is 2.11 bits per heavy atom. The van der Waals surface area contributed by atoms with Crippen molar-refractivity contribution in [1.82, 2.24) is 10.6 Å². The molecule has 6 nitrogen and oxygen atoms in total. The van der Waals surface area contributed by atoms with Gasteiger partial charge in [-0.2, -0.15) is 0 Å². The molecular formula is C12H22N2O4. The number of hydrogen-bond acceptors (Lipinski definition) is 3. The van der Waals surface area contributed by atoms with Gasteiger partial charge in [-0.3, -0.25) is 9.59 Å². The van der Waals surface area contributed by atoms with E-state index in [1.54, 1.807) is 13.8 Å². The van der Waals surface area contributed by atoms with Gasteiger partial charge in [-0.15, -0.1) is 0 Å². The Hall–Kier alpha value is -1.59. The van der Waals surface area contributed by atoms with Crippen molar-refractivity contribution >= 4 is 17.8 Å². The van der Waals surface area contributed by atoms with Gasteiger partial charge in [0, 0.05) is 19.4 Å². The minimum absolute atomic E-state index is 0.00600. The Morgan fingerprint density at radius 1 is 1.11 bits per heavy atom. The summed E-state index contributed by atoms with van der Waals surface area (Å²) in [4.78, 5) is 33.6. The summed E-state index contributed by atoms with van der Waals surface area (Å²) in [5.74, 6) is -1.86. The van der Waals surface area contributed by atoms with Crippen LogP contribution >= 0.6 is 0 Å². The maximum atomic E-state index is 11.5. The van der Waals surface area contributed by atoms with Crippen molar-refractivity contribution in [2.75, 3.05) is 6.54 Å². The Balaban J connectivity index is 4.03. The number of carboxylic acids is 1. The first-order valence-corrected chi connectivity index (χ1v) is 6.17. The van der Waals surface area contributed by atoms with E-state index >= 15 is 0 Å². The molecule has 18 heavy (non-hydrogen) atoms. The van der Waals surface area contributed by atoms with Crippen LogP contribution in [0.25, 0.3) is 0 Å². The van der Waals surface area contributed by atoms with Gasteiger partial charge in [-0.25, -0.2) is 4.79 Å². The molecule has 0 aromatic rings. The van der Waals surface area contributed by atoms with Gasteiger partial charge in [0.2, 0.25) is 11.8 Å². The SMILES string of the molecule is CCCNC(=O)CCC(=O)N[C@H](C(=O)O)C(C)C. The van der Waals surface area contributed by atoms with Crippen molar-refractivity contribution in [3.05, 3.63) is 0 Å². The molecule has 0 bridgehead atoms. The van der Waals surface area contributed by atoms with Crippen LogP contribution in [0, 0.1) is 5.92 Å². The van der Waals surface area contributed by atoms with Gasteiger partial charge in [0.1, 0.15) is 6.04 Å². The second-order valence-electron chi connectivity index (χ2n) is 4.48. The molecule has 0 saturated heterocycles. The molecule has 0 unspecified atom stereocenters. The molecule has 0 saturated carbocycles. The van der Waals surface area contributed by atoms with E-state index in [9.17, 15) is 14.4 Å². The molecule has 2 amide bonds. The highest BCUT2D eigenvalue weighted by Gasteiger charge is 2.23. The smallest absolute Gasteiger partial charge is 0.326 e. The number of nitrogens with one attached hydrogen (secondary N) is 2. The minimum Gasteiger partial charge on any atom is -0.480 e. The summed E-state index contributed by atoms with van der Waals surface area (Å²) in [6.45, 7) is 5.96. The number of carboxylic acid groups (broad SMARTS) is 1. The van der Waals surface area contributed by atoms with Crippen LogP contribution in [0.15, 0.2) is 0 Å². The van der Waals surface area contributed by atoms with Gasteiger partial charge >= 0.3 is 5.97 Å². The van der Waals surface area contributed by atoms with Crippen LogP contribution in [0.2, 0.25) is 0 Å². The lowest BCUT2D eigenvalue weighted by atomic mass is 10.0. The predicted molar refractivity (Wildman–Crippen MR) is 66.9 cm³/mol. The summed E-state index contributed by atoms with van der Waals surface area (Å²) in [6.07, 6.45) is 0.925. The predicted octanol–water partition coefficient (Wildman–Crippen LogP) is 0.518. The van der Waals surface area contributed by atoms with Crippen LogP contribution in [0.4, 0.5) is 0 Å². The van der Waals surface area contributed by atoms with Gasteiger partial charge in [0.15, 0.2) is 0 Å². The Kier molecular flexibility index (Phi) is 7.74. The molecule has 104 valence electrons. The first-order chi connectivity index (χ1) is 8.38. The molecule has 0 aromatic carbocycles. The van der Waals surface area contributed by atoms with E-state index in [2.05, 4.69) is 10.6 Å². The van der Waals surface area contributed by atoms with E-state index in [1.165, 1.54) is 0 Å². The van der Waals surface area contributed by atoms with Gasteiger partial charge in [-0.1, -0.05) is 20.8 Å². The molecule has 0 aromatic heterocycles. The van der Waals surface area contributed by atoms with Crippen molar-refractivity contribution in [3.63, 3.8) is 0 Å². The molecule has 0 rings (SSSR count). The molecule has 0 heterocycles. The summed E-state index contributed by atoms with van der Waals surface area (Å²) in [5.41, 5.74) is 0. The first-order valence-electron chi connectivity index (χ1n) is 6.17. The normalized spacial score (nSPS) is 12.0. The second-order valence-corrected chi connectivity index (χ2v) is 4.48. The van der Waals surface area contributed by atoms with Crippen molar-refractivity contribution in [2.24, 2.45) is 5.92 Å². The summed E-state index contributed by atoms with van der Waals surface area (Å²) in [5, 5.41) is 14.0. The highest BCUT2D eigenvalue weighted by molar-refractivity contribution is 5.86. The van der Waals surface area contributed by atoms with E-state index in [1.807, 2.05) is 6.92 Å². The highest BCUT2D eigenvalue weighted by Crippen LogP contribution is 2.02. The molecule has 0 aliphatic rings. The van der Waals surface area contributed by atoms with Gasteiger partial charge in [0.25, 0.3) is 0 Å². The zero-order valence-electron chi connectivity index (χ0n) is 11.2. The largest absolute Gasteiger partial charge is 0.480 e. The molecule has 0 aliphatic heterocycles. The van der Waals surface area contributed by atoms with Gasteiger partial charge in [0.05, 0.1) is 0 Å². The maximum Gasteiger partial charge on any atom is 0.326 e. The van der Waals surface area contributed by atoms with Crippen LogP contribution in [-0.2, 0) is 14.4 Å². The zero-order valence-corrected chi connectivity index (χ0v) is 11.2. The van der Waals surface area contributed by atoms with E-state index < -0.39 is 17.9 Å². The minimum atomic E-state index is -1.06. The highest BCUT2D eigenvalue weighted by atomic mass is 16.4. The number of amides is 2. The molecule has 6 heteroatoms. The number of rotatable bonds is 8. The average molecular weight is 258 g/mol. The topological polar surface area (TPSA) is 95.5 Å². The monoisotopic (exact) mass is 258 g/mol. The maximum absolute atomic E-state index is 11.5. The quantitative estimate of drug-likeness (QED) is 0.591. The third-order valence-corrected chi connectivity index (χ3v) is 2.40. The molecule has 0 spiro atoms. The van der Waals surface area contributed by atoms with Crippen molar-refractivity contribution in [1.29, 1.82) is 0 Å². The van der Waals surface area contributed by atoms with Crippen molar-refractivity contribution < 1.29 is 19.5 Å². The lowest BCUT2D eigenvalue weighted by molar-refractivity contribution is -0.143. The number of carbonyl (C=O) groups excluding carboxylic acids is 2. The van der Waals surface area contributed by atoms with E-state index in [-0.39, 0.29) is 24.7 Å². The Bertz CT molecular complexity index is 302. The standard InChI is InChI=1S/C12H22N2O4/c1-4-7-13-9(15)5-6-10(16)14-11(8(2)3)12(17)18/h8,11H,4-7H2,1-3H3,(H,13,15)(H,14,16)(H,17,18)/t11-/m0/s1.